The van der Waals surface area contributed by atoms with Crippen LogP contribution in [0.15, 0.2) is 0 Å². The molecule has 0 bridgehead atoms. The summed E-state index contributed by atoms with van der Waals surface area (Å²) in [6, 6.07) is 0. The minimum absolute atomic E-state index is 0.173. The van der Waals surface area contributed by atoms with Crippen molar-refractivity contribution in [2.75, 3.05) is 46.1 Å². The molecule has 0 amide bonds. The van der Waals surface area contributed by atoms with E-state index in [1.807, 2.05) is 0 Å². The average Bonchev–Trinajstić information content (AvgIpc) is 2.38. The summed E-state index contributed by atoms with van der Waals surface area (Å²) < 4.78 is 24.5. The highest BCUT2D eigenvalue weighted by molar-refractivity contribution is 7.89. The van der Waals surface area contributed by atoms with Crippen LogP contribution in [0.5, 0.6) is 0 Å². The van der Waals surface area contributed by atoms with Crippen molar-refractivity contribution in [3.8, 4) is 0 Å². The first kappa shape index (κ1) is 16.8. The van der Waals surface area contributed by atoms with Gasteiger partial charge in [0.2, 0.25) is 10.0 Å². The molecule has 0 aromatic heterocycles. The van der Waals surface area contributed by atoms with Gasteiger partial charge in [-0.05, 0) is 44.8 Å². The number of rotatable bonds is 7. The molecule has 0 radical (unpaired) electrons. The standard InChI is InChI=1S/C12H26N2O4S/c1-13(2)19(17,18)9-3-6-14-7-4-11(5-8-14)12(16)10-15/h11-12,15-16H,3-10H2,1-2H3. The second-order valence-electron chi connectivity index (χ2n) is 5.38. The molecule has 1 aliphatic heterocycles. The van der Waals surface area contributed by atoms with Gasteiger partial charge in [0, 0.05) is 14.1 Å². The van der Waals surface area contributed by atoms with E-state index in [1.165, 1.54) is 4.31 Å². The minimum Gasteiger partial charge on any atom is -0.394 e. The van der Waals surface area contributed by atoms with Gasteiger partial charge in [-0.15, -0.1) is 0 Å². The van der Waals surface area contributed by atoms with Crippen LogP contribution in [-0.4, -0.2) is 80.0 Å². The molecule has 0 spiro atoms. The van der Waals surface area contributed by atoms with Crippen LogP contribution in [0, 0.1) is 5.92 Å². The smallest absolute Gasteiger partial charge is 0.213 e. The van der Waals surface area contributed by atoms with E-state index in [0.717, 1.165) is 32.5 Å². The van der Waals surface area contributed by atoms with Crippen molar-refractivity contribution in [1.29, 1.82) is 0 Å². The summed E-state index contributed by atoms with van der Waals surface area (Å²) in [5.41, 5.74) is 0. The van der Waals surface area contributed by atoms with E-state index in [0.29, 0.717) is 6.42 Å². The Morgan fingerprint density at radius 3 is 2.37 bits per heavy atom. The van der Waals surface area contributed by atoms with Gasteiger partial charge in [0.1, 0.15) is 0 Å². The lowest BCUT2D eigenvalue weighted by molar-refractivity contribution is 0.0185. The summed E-state index contributed by atoms with van der Waals surface area (Å²) in [4.78, 5) is 2.23. The first-order valence-corrected chi connectivity index (χ1v) is 8.39. The summed E-state index contributed by atoms with van der Waals surface area (Å²) >= 11 is 0. The highest BCUT2D eigenvalue weighted by Gasteiger charge is 2.24. The molecule has 0 saturated carbocycles. The molecule has 1 saturated heterocycles. The van der Waals surface area contributed by atoms with E-state index in [1.54, 1.807) is 14.1 Å². The second kappa shape index (κ2) is 7.54. The van der Waals surface area contributed by atoms with E-state index in [4.69, 9.17) is 5.11 Å². The Balaban J connectivity index is 2.24. The van der Waals surface area contributed by atoms with Crippen LogP contribution in [0.2, 0.25) is 0 Å². The Hall–Kier alpha value is -0.210. The highest BCUT2D eigenvalue weighted by Crippen LogP contribution is 2.20. The fourth-order valence-corrected chi connectivity index (χ4v) is 3.22. The fraction of sp³-hybridized carbons (Fsp3) is 1.00. The summed E-state index contributed by atoms with van der Waals surface area (Å²) in [5, 5.41) is 18.5. The molecule has 1 atom stereocenters. The van der Waals surface area contributed by atoms with Crippen LogP contribution in [0.25, 0.3) is 0 Å². The van der Waals surface area contributed by atoms with Gasteiger partial charge in [0.05, 0.1) is 18.5 Å². The van der Waals surface area contributed by atoms with Crippen molar-refractivity contribution in [1.82, 2.24) is 9.21 Å². The summed E-state index contributed by atoms with van der Waals surface area (Å²) in [5.74, 6) is 0.353. The third-order valence-corrected chi connectivity index (χ3v) is 5.71. The van der Waals surface area contributed by atoms with Gasteiger partial charge in [-0.25, -0.2) is 12.7 Å². The first-order chi connectivity index (χ1) is 8.86. The van der Waals surface area contributed by atoms with Gasteiger partial charge in [-0.3, -0.25) is 0 Å². The molecule has 7 heteroatoms. The molecule has 19 heavy (non-hydrogen) atoms. The van der Waals surface area contributed by atoms with E-state index in [-0.39, 0.29) is 18.3 Å². The predicted octanol–water partition coefficient (Wildman–Crippen LogP) is -0.667. The van der Waals surface area contributed by atoms with E-state index in [9.17, 15) is 13.5 Å². The number of aliphatic hydroxyl groups excluding tert-OH is 2. The summed E-state index contributed by atoms with van der Waals surface area (Å²) in [7, 11) is 0.0118. The molecule has 0 aliphatic carbocycles. The van der Waals surface area contributed by atoms with Crippen LogP contribution in [0.1, 0.15) is 19.3 Å². The SMILES string of the molecule is CN(C)S(=O)(=O)CCCN1CCC(C(O)CO)CC1. The second-order valence-corrected chi connectivity index (χ2v) is 7.68. The minimum atomic E-state index is -3.09. The van der Waals surface area contributed by atoms with Gasteiger partial charge in [-0.2, -0.15) is 0 Å². The van der Waals surface area contributed by atoms with Crippen molar-refractivity contribution >= 4 is 10.0 Å². The Kier molecular flexibility index (Phi) is 6.68. The maximum absolute atomic E-state index is 11.6. The Morgan fingerprint density at radius 2 is 1.89 bits per heavy atom. The number of aliphatic hydroxyl groups is 2. The fourth-order valence-electron chi connectivity index (χ4n) is 2.36. The van der Waals surface area contributed by atoms with Crippen LogP contribution in [-0.2, 0) is 10.0 Å². The molecule has 114 valence electrons. The molecule has 1 heterocycles. The van der Waals surface area contributed by atoms with Gasteiger partial charge in [-0.1, -0.05) is 0 Å². The summed E-state index contributed by atoms with van der Waals surface area (Å²) in [6.07, 6.45) is 1.74. The zero-order chi connectivity index (χ0) is 14.5. The average molecular weight is 294 g/mol. The molecule has 1 aliphatic rings. The van der Waals surface area contributed by atoms with Gasteiger partial charge in [0.25, 0.3) is 0 Å². The lowest BCUT2D eigenvalue weighted by Gasteiger charge is -2.33. The quantitative estimate of drug-likeness (QED) is 0.651. The van der Waals surface area contributed by atoms with E-state index in [2.05, 4.69) is 4.90 Å². The molecule has 1 fully saturated rings. The first-order valence-electron chi connectivity index (χ1n) is 6.78. The summed E-state index contributed by atoms with van der Waals surface area (Å²) in [6.45, 7) is 2.33. The predicted molar refractivity (Wildman–Crippen MR) is 74.3 cm³/mol. The third-order valence-electron chi connectivity index (χ3n) is 3.80. The van der Waals surface area contributed by atoms with Crippen molar-refractivity contribution in [3.05, 3.63) is 0 Å². The topological polar surface area (TPSA) is 81.1 Å². The number of nitrogens with zero attached hydrogens (tertiary/aromatic N) is 2. The van der Waals surface area contributed by atoms with Crippen molar-refractivity contribution in [2.45, 2.75) is 25.4 Å². The lowest BCUT2D eigenvalue weighted by atomic mass is 9.91. The van der Waals surface area contributed by atoms with Crippen LogP contribution < -0.4 is 0 Å². The molecule has 6 nitrogen and oxygen atoms in total. The number of sulfonamides is 1. The van der Waals surface area contributed by atoms with E-state index >= 15 is 0 Å². The van der Waals surface area contributed by atoms with Crippen LogP contribution in [0.3, 0.4) is 0 Å². The highest BCUT2D eigenvalue weighted by atomic mass is 32.2. The largest absolute Gasteiger partial charge is 0.394 e. The van der Waals surface area contributed by atoms with Gasteiger partial charge in [0.15, 0.2) is 0 Å². The molecule has 1 rings (SSSR count). The van der Waals surface area contributed by atoms with Crippen molar-refractivity contribution < 1.29 is 18.6 Å². The third kappa shape index (κ3) is 5.35. The van der Waals surface area contributed by atoms with Crippen LogP contribution in [0.4, 0.5) is 0 Å². The van der Waals surface area contributed by atoms with Crippen molar-refractivity contribution in [2.24, 2.45) is 5.92 Å². The number of likely N-dealkylation sites (tertiary alicyclic amines) is 1. The molecular weight excluding hydrogens is 268 g/mol. The van der Waals surface area contributed by atoms with Gasteiger partial charge < -0.3 is 15.1 Å². The maximum atomic E-state index is 11.6. The molecule has 0 aromatic carbocycles. The molecule has 1 unspecified atom stereocenters. The Morgan fingerprint density at radius 1 is 1.32 bits per heavy atom. The number of hydrogen-bond acceptors (Lipinski definition) is 5. The molecule has 0 aromatic rings. The zero-order valence-corrected chi connectivity index (χ0v) is 12.6. The van der Waals surface area contributed by atoms with E-state index < -0.39 is 16.1 Å². The normalized spacial score (nSPS) is 20.9. The van der Waals surface area contributed by atoms with Crippen LogP contribution >= 0.6 is 0 Å². The Bertz CT molecular complexity index is 351. The van der Waals surface area contributed by atoms with Crippen molar-refractivity contribution in [3.63, 3.8) is 0 Å². The number of piperidine rings is 1. The van der Waals surface area contributed by atoms with Gasteiger partial charge >= 0.3 is 0 Å². The Labute approximate surface area is 116 Å². The maximum Gasteiger partial charge on any atom is 0.213 e. The molecular formula is C12H26N2O4S. The lowest BCUT2D eigenvalue weighted by Crippen LogP contribution is -2.39. The zero-order valence-electron chi connectivity index (χ0n) is 11.8. The molecule has 2 N–H and O–H groups in total. The monoisotopic (exact) mass is 294 g/mol. The number of hydrogen-bond donors (Lipinski definition) is 2.